The highest BCUT2D eigenvalue weighted by atomic mass is 16.5. The van der Waals surface area contributed by atoms with E-state index in [4.69, 9.17) is 9.84 Å². The van der Waals surface area contributed by atoms with Crippen molar-refractivity contribution < 1.29 is 14.6 Å². The van der Waals surface area contributed by atoms with Crippen LogP contribution < -0.4 is 0 Å². The molecule has 0 aromatic rings. The Morgan fingerprint density at radius 1 is 1.56 bits per heavy atom. The van der Waals surface area contributed by atoms with Crippen LogP contribution in [0.4, 0.5) is 0 Å². The Kier molecular flexibility index (Phi) is 5.77. The van der Waals surface area contributed by atoms with Gasteiger partial charge in [0.25, 0.3) is 0 Å². The second-order valence-corrected chi connectivity index (χ2v) is 4.49. The Balaban J connectivity index is 2.48. The number of ether oxygens (including phenoxy) is 1. The first-order chi connectivity index (χ1) is 7.65. The van der Waals surface area contributed by atoms with Crippen molar-refractivity contribution in [1.82, 2.24) is 4.90 Å². The third kappa shape index (κ3) is 4.10. The van der Waals surface area contributed by atoms with Crippen LogP contribution in [0.25, 0.3) is 0 Å². The van der Waals surface area contributed by atoms with Gasteiger partial charge < -0.3 is 9.84 Å². The molecule has 1 aliphatic heterocycles. The van der Waals surface area contributed by atoms with Gasteiger partial charge in [-0.1, -0.05) is 6.42 Å². The lowest BCUT2D eigenvalue weighted by Gasteiger charge is -2.39. The summed E-state index contributed by atoms with van der Waals surface area (Å²) in [6.45, 7) is 6.54. The van der Waals surface area contributed by atoms with Crippen molar-refractivity contribution >= 4 is 5.97 Å². The van der Waals surface area contributed by atoms with Crippen molar-refractivity contribution in [3.63, 3.8) is 0 Å². The minimum absolute atomic E-state index is 0.196. The molecule has 0 aromatic heterocycles. The van der Waals surface area contributed by atoms with Crippen molar-refractivity contribution in [2.24, 2.45) is 0 Å². The number of aliphatic carboxylic acids is 1. The summed E-state index contributed by atoms with van der Waals surface area (Å²) in [5, 5.41) is 8.88. The van der Waals surface area contributed by atoms with Crippen LogP contribution in [0.1, 0.15) is 39.5 Å². The predicted octanol–water partition coefficient (Wildman–Crippen LogP) is 1.74. The van der Waals surface area contributed by atoms with Crippen LogP contribution >= 0.6 is 0 Å². The van der Waals surface area contributed by atoms with E-state index in [1.165, 1.54) is 6.42 Å². The number of rotatable bonds is 6. The summed E-state index contributed by atoms with van der Waals surface area (Å²) in [5.74, 6) is -0.694. The van der Waals surface area contributed by atoms with Gasteiger partial charge in [0.2, 0.25) is 0 Å². The molecule has 0 amide bonds. The minimum atomic E-state index is -0.694. The number of hydrogen-bond acceptors (Lipinski definition) is 3. The van der Waals surface area contributed by atoms with Crippen molar-refractivity contribution in [3.8, 4) is 0 Å². The predicted molar refractivity (Wildman–Crippen MR) is 62.6 cm³/mol. The second kappa shape index (κ2) is 6.86. The first kappa shape index (κ1) is 13.5. The maximum Gasteiger partial charge on any atom is 0.304 e. The van der Waals surface area contributed by atoms with Crippen LogP contribution in [0.2, 0.25) is 0 Å². The third-order valence-electron chi connectivity index (χ3n) is 3.21. The number of carboxylic acid groups (broad SMARTS) is 1. The molecule has 0 spiro atoms. The van der Waals surface area contributed by atoms with Crippen LogP contribution in [0.5, 0.6) is 0 Å². The Morgan fingerprint density at radius 2 is 2.31 bits per heavy atom. The quantitative estimate of drug-likeness (QED) is 0.753. The second-order valence-electron chi connectivity index (χ2n) is 4.49. The molecule has 1 fully saturated rings. The topological polar surface area (TPSA) is 49.8 Å². The van der Waals surface area contributed by atoms with Crippen LogP contribution in [-0.2, 0) is 9.53 Å². The molecule has 0 aromatic carbocycles. The molecule has 2 atom stereocenters. The number of carbonyl (C=O) groups is 1. The van der Waals surface area contributed by atoms with Crippen LogP contribution in [0, 0.1) is 0 Å². The fraction of sp³-hybridized carbons (Fsp3) is 0.917. The molecule has 4 heteroatoms. The minimum Gasteiger partial charge on any atom is -0.481 e. The normalized spacial score (nSPS) is 24.2. The largest absolute Gasteiger partial charge is 0.481 e. The molecule has 16 heavy (non-hydrogen) atoms. The monoisotopic (exact) mass is 229 g/mol. The van der Waals surface area contributed by atoms with Gasteiger partial charge in [-0.25, -0.2) is 0 Å². The van der Waals surface area contributed by atoms with Gasteiger partial charge in [0.1, 0.15) is 0 Å². The van der Waals surface area contributed by atoms with E-state index in [2.05, 4.69) is 11.8 Å². The summed E-state index contributed by atoms with van der Waals surface area (Å²) < 4.78 is 5.41. The molecule has 0 radical (unpaired) electrons. The van der Waals surface area contributed by atoms with Crippen molar-refractivity contribution in [2.45, 2.75) is 51.6 Å². The molecular weight excluding hydrogens is 206 g/mol. The first-order valence-corrected chi connectivity index (χ1v) is 6.20. The van der Waals surface area contributed by atoms with Gasteiger partial charge in [0.15, 0.2) is 0 Å². The summed E-state index contributed by atoms with van der Waals surface area (Å²) in [4.78, 5) is 13.1. The van der Waals surface area contributed by atoms with Crippen LogP contribution in [0.15, 0.2) is 0 Å². The van der Waals surface area contributed by atoms with E-state index in [9.17, 15) is 4.79 Å². The van der Waals surface area contributed by atoms with E-state index in [1.54, 1.807) is 0 Å². The summed E-state index contributed by atoms with van der Waals surface area (Å²) in [5.41, 5.74) is 0. The van der Waals surface area contributed by atoms with Crippen LogP contribution in [0.3, 0.4) is 0 Å². The zero-order valence-corrected chi connectivity index (χ0v) is 10.3. The maximum absolute atomic E-state index is 10.8. The zero-order valence-electron chi connectivity index (χ0n) is 10.3. The van der Waals surface area contributed by atoms with E-state index in [0.29, 0.717) is 12.6 Å². The average molecular weight is 229 g/mol. The summed E-state index contributed by atoms with van der Waals surface area (Å²) >= 11 is 0. The maximum atomic E-state index is 10.8. The lowest BCUT2D eigenvalue weighted by molar-refractivity contribution is -0.139. The highest BCUT2D eigenvalue weighted by molar-refractivity contribution is 5.67. The van der Waals surface area contributed by atoms with Crippen LogP contribution in [-0.4, -0.2) is 47.8 Å². The van der Waals surface area contributed by atoms with Crippen molar-refractivity contribution in [3.05, 3.63) is 0 Å². The van der Waals surface area contributed by atoms with Gasteiger partial charge in [0, 0.05) is 18.7 Å². The summed E-state index contributed by atoms with van der Waals surface area (Å²) in [7, 11) is 0. The standard InChI is InChI=1S/C12H23NO3/c1-3-16-9-10(2)13-7-5-4-6-11(13)8-12(14)15/h10-11H,3-9H2,1-2H3,(H,14,15). The molecule has 1 N–H and O–H groups in total. The number of likely N-dealkylation sites (tertiary alicyclic amines) is 1. The lowest BCUT2D eigenvalue weighted by Crippen LogP contribution is -2.47. The molecule has 94 valence electrons. The summed E-state index contributed by atoms with van der Waals surface area (Å²) in [6, 6.07) is 0.520. The molecule has 1 heterocycles. The first-order valence-electron chi connectivity index (χ1n) is 6.20. The Morgan fingerprint density at radius 3 is 2.94 bits per heavy atom. The highest BCUT2D eigenvalue weighted by Gasteiger charge is 2.27. The SMILES string of the molecule is CCOCC(C)N1CCCCC1CC(=O)O. The number of nitrogens with zero attached hydrogens (tertiary/aromatic N) is 1. The Bertz CT molecular complexity index is 220. The molecule has 2 unspecified atom stereocenters. The van der Waals surface area contributed by atoms with E-state index >= 15 is 0 Å². The third-order valence-corrected chi connectivity index (χ3v) is 3.21. The smallest absolute Gasteiger partial charge is 0.304 e. The van der Waals surface area contributed by atoms with Crippen molar-refractivity contribution in [2.75, 3.05) is 19.8 Å². The summed E-state index contributed by atoms with van der Waals surface area (Å²) in [6.07, 6.45) is 3.58. The van der Waals surface area contributed by atoms with Gasteiger partial charge >= 0.3 is 5.97 Å². The number of hydrogen-bond donors (Lipinski definition) is 1. The van der Waals surface area contributed by atoms with Gasteiger partial charge in [-0.2, -0.15) is 0 Å². The Hall–Kier alpha value is -0.610. The molecular formula is C12H23NO3. The number of piperidine rings is 1. The van der Waals surface area contributed by atoms with E-state index < -0.39 is 5.97 Å². The highest BCUT2D eigenvalue weighted by Crippen LogP contribution is 2.22. The van der Waals surface area contributed by atoms with Gasteiger partial charge in [-0.3, -0.25) is 9.69 Å². The average Bonchev–Trinajstić information content (AvgIpc) is 2.26. The van der Waals surface area contributed by atoms with E-state index in [1.807, 2.05) is 6.92 Å². The molecule has 0 bridgehead atoms. The number of carboxylic acids is 1. The molecule has 1 rings (SSSR count). The Labute approximate surface area is 97.6 Å². The lowest BCUT2D eigenvalue weighted by atomic mass is 9.97. The molecule has 4 nitrogen and oxygen atoms in total. The van der Waals surface area contributed by atoms with E-state index in [0.717, 1.165) is 26.0 Å². The zero-order chi connectivity index (χ0) is 12.0. The molecule has 1 aliphatic rings. The fourth-order valence-electron chi connectivity index (χ4n) is 2.41. The van der Waals surface area contributed by atoms with Gasteiger partial charge in [-0.05, 0) is 33.2 Å². The van der Waals surface area contributed by atoms with Crippen molar-refractivity contribution in [1.29, 1.82) is 0 Å². The fourth-order valence-corrected chi connectivity index (χ4v) is 2.41. The molecule has 0 aliphatic carbocycles. The molecule has 0 saturated carbocycles. The van der Waals surface area contributed by atoms with Gasteiger partial charge in [0.05, 0.1) is 13.0 Å². The van der Waals surface area contributed by atoms with E-state index in [-0.39, 0.29) is 12.5 Å². The molecule has 1 saturated heterocycles. The van der Waals surface area contributed by atoms with Gasteiger partial charge in [-0.15, -0.1) is 0 Å².